The lowest BCUT2D eigenvalue weighted by Gasteiger charge is -2.15. The molecule has 0 saturated heterocycles. The second-order valence-electron chi connectivity index (χ2n) is 5.16. The molecule has 1 aromatic rings. The second-order valence-corrected chi connectivity index (χ2v) is 5.16. The van der Waals surface area contributed by atoms with Crippen molar-refractivity contribution in [3.8, 4) is 5.75 Å². The van der Waals surface area contributed by atoms with Crippen LogP contribution >= 0.6 is 0 Å². The number of nitrogens with one attached hydrogen (secondary N) is 1. The molecule has 0 aliphatic rings. The number of aromatic nitrogens is 2. The quantitative estimate of drug-likeness (QED) is 0.681. The smallest absolute Gasteiger partial charge is 0.188 e. The van der Waals surface area contributed by atoms with Crippen LogP contribution in [0.3, 0.4) is 0 Å². The van der Waals surface area contributed by atoms with E-state index in [1.54, 1.807) is 18.0 Å². The van der Waals surface area contributed by atoms with Crippen LogP contribution in [0.4, 0.5) is 0 Å². The summed E-state index contributed by atoms with van der Waals surface area (Å²) in [6.07, 6.45) is 1.61. The number of ether oxygens (including phenoxy) is 1. The Kier molecular flexibility index (Phi) is 6.67. The summed E-state index contributed by atoms with van der Waals surface area (Å²) in [4.78, 5) is 14.6. The highest BCUT2D eigenvalue weighted by molar-refractivity contribution is 5.98. The fourth-order valence-electron chi connectivity index (χ4n) is 1.92. The average Bonchev–Trinajstić information content (AvgIpc) is 2.84. The number of hydrogen-bond donors (Lipinski definition) is 1. The lowest BCUT2D eigenvalue weighted by molar-refractivity contribution is 0.0914. The van der Waals surface area contributed by atoms with Crippen molar-refractivity contribution in [3.63, 3.8) is 0 Å². The minimum atomic E-state index is -0.0985. The van der Waals surface area contributed by atoms with Crippen LogP contribution in [0.1, 0.15) is 24.3 Å². The molecule has 1 rings (SSSR count). The molecule has 6 nitrogen and oxygen atoms in total. The molecule has 0 spiro atoms. The van der Waals surface area contributed by atoms with E-state index in [9.17, 15) is 4.79 Å². The lowest BCUT2D eigenvalue weighted by Crippen LogP contribution is -2.29. The van der Waals surface area contributed by atoms with E-state index in [0.717, 1.165) is 13.1 Å². The van der Waals surface area contributed by atoms with Crippen molar-refractivity contribution >= 4 is 5.78 Å². The van der Waals surface area contributed by atoms with Crippen molar-refractivity contribution in [1.82, 2.24) is 20.0 Å². The van der Waals surface area contributed by atoms with E-state index in [1.807, 2.05) is 27.9 Å². The molecule has 1 N–H and O–H groups in total. The number of ketones is 1. The van der Waals surface area contributed by atoms with Gasteiger partial charge in [0, 0.05) is 19.0 Å². The third-order valence-corrected chi connectivity index (χ3v) is 3.17. The topological polar surface area (TPSA) is 59.4 Å². The van der Waals surface area contributed by atoms with E-state index in [0.29, 0.717) is 24.5 Å². The summed E-state index contributed by atoms with van der Waals surface area (Å²) >= 11 is 0. The van der Waals surface area contributed by atoms with Gasteiger partial charge in [-0.15, -0.1) is 0 Å². The van der Waals surface area contributed by atoms with E-state index in [4.69, 9.17) is 4.74 Å². The Hall–Kier alpha value is -1.40. The summed E-state index contributed by atoms with van der Waals surface area (Å²) in [5.41, 5.74) is 0.569. The van der Waals surface area contributed by atoms with E-state index in [2.05, 4.69) is 15.3 Å². The van der Waals surface area contributed by atoms with Gasteiger partial charge in [-0.05, 0) is 20.6 Å². The number of Topliss-reactive ketones (excluding diaryl/α,β-unsaturated/α-hetero) is 1. The molecule has 1 atom stereocenters. The van der Waals surface area contributed by atoms with Crippen LogP contribution in [0.25, 0.3) is 0 Å². The Balaban J connectivity index is 2.89. The van der Waals surface area contributed by atoms with Crippen molar-refractivity contribution in [1.29, 1.82) is 0 Å². The molecule has 0 aromatic carbocycles. The van der Waals surface area contributed by atoms with Gasteiger partial charge in [-0.25, -0.2) is 0 Å². The molecule has 1 aromatic heterocycles. The Morgan fingerprint density at radius 3 is 2.80 bits per heavy atom. The first-order valence-electron chi connectivity index (χ1n) is 7.00. The summed E-state index contributed by atoms with van der Waals surface area (Å²) in [5, 5.41) is 7.46. The van der Waals surface area contributed by atoms with Crippen molar-refractivity contribution < 1.29 is 9.53 Å². The minimum Gasteiger partial charge on any atom is -0.493 e. The molecule has 0 amide bonds. The second kappa shape index (κ2) is 8.01. The van der Waals surface area contributed by atoms with E-state index >= 15 is 0 Å². The normalized spacial score (nSPS) is 12.7. The van der Waals surface area contributed by atoms with Gasteiger partial charge in [0.2, 0.25) is 0 Å². The first kappa shape index (κ1) is 16.7. The predicted octanol–water partition coefficient (Wildman–Crippen LogP) is 0.882. The highest BCUT2D eigenvalue weighted by atomic mass is 16.5. The maximum absolute atomic E-state index is 12.6. The number of rotatable bonds is 9. The number of likely N-dealkylation sites (N-methyl/N-ethyl adjacent to an activating group) is 1. The molecule has 1 unspecified atom stereocenters. The van der Waals surface area contributed by atoms with Crippen molar-refractivity contribution in [3.05, 3.63) is 11.9 Å². The van der Waals surface area contributed by atoms with Crippen LogP contribution < -0.4 is 10.1 Å². The van der Waals surface area contributed by atoms with Crippen molar-refractivity contribution in [2.75, 3.05) is 40.8 Å². The molecule has 0 fully saturated rings. The maximum atomic E-state index is 12.6. The van der Waals surface area contributed by atoms with Gasteiger partial charge < -0.3 is 15.0 Å². The first-order chi connectivity index (χ1) is 9.51. The number of carbonyl (C=O) groups excluding carboxylic acids is 1. The lowest BCUT2D eigenvalue weighted by atomic mass is 10.0. The highest BCUT2D eigenvalue weighted by Crippen LogP contribution is 2.21. The van der Waals surface area contributed by atoms with Crippen LogP contribution in [-0.4, -0.2) is 61.3 Å². The molecular formula is C14H26N4O2. The highest BCUT2D eigenvalue weighted by Gasteiger charge is 2.24. The van der Waals surface area contributed by atoms with Crippen LogP contribution in [0, 0.1) is 5.92 Å². The maximum Gasteiger partial charge on any atom is 0.188 e. The van der Waals surface area contributed by atoms with E-state index in [-0.39, 0.29) is 11.7 Å². The van der Waals surface area contributed by atoms with Gasteiger partial charge in [0.15, 0.2) is 11.5 Å². The van der Waals surface area contributed by atoms with Crippen molar-refractivity contribution in [2.45, 2.75) is 20.4 Å². The summed E-state index contributed by atoms with van der Waals surface area (Å²) < 4.78 is 7.01. The Morgan fingerprint density at radius 1 is 1.55 bits per heavy atom. The number of carbonyl (C=O) groups is 1. The Morgan fingerprint density at radius 2 is 2.25 bits per heavy atom. The summed E-state index contributed by atoms with van der Waals surface area (Å²) in [6.45, 7) is 6.97. The standard InChI is InChI=1S/C14H26N4O2/c1-6-15-9-11(2)14(19)13-12(20-5)10-16-18(13)8-7-17(3)4/h10-11,15H,6-9H2,1-5H3. The third-order valence-electron chi connectivity index (χ3n) is 3.17. The molecule has 1 heterocycles. The van der Waals surface area contributed by atoms with Gasteiger partial charge >= 0.3 is 0 Å². The van der Waals surface area contributed by atoms with Gasteiger partial charge in [0.25, 0.3) is 0 Å². The van der Waals surface area contributed by atoms with Gasteiger partial charge in [-0.2, -0.15) is 5.10 Å². The largest absolute Gasteiger partial charge is 0.493 e. The number of hydrogen-bond acceptors (Lipinski definition) is 5. The summed E-state index contributed by atoms with van der Waals surface area (Å²) in [5.74, 6) is 0.523. The number of nitrogens with zero attached hydrogens (tertiary/aromatic N) is 3. The Bertz CT molecular complexity index is 429. The van der Waals surface area contributed by atoms with Crippen LogP contribution in [0.15, 0.2) is 6.20 Å². The Labute approximate surface area is 121 Å². The SMILES string of the molecule is CCNCC(C)C(=O)c1c(OC)cnn1CCN(C)C. The van der Waals surface area contributed by atoms with Crippen LogP contribution in [0.5, 0.6) is 5.75 Å². The summed E-state index contributed by atoms with van der Waals surface area (Å²) in [7, 11) is 5.56. The third kappa shape index (κ3) is 4.31. The van der Waals surface area contributed by atoms with Gasteiger partial charge in [0.1, 0.15) is 5.69 Å². The van der Waals surface area contributed by atoms with Crippen LogP contribution in [-0.2, 0) is 6.54 Å². The zero-order valence-corrected chi connectivity index (χ0v) is 13.1. The predicted molar refractivity (Wildman–Crippen MR) is 79.4 cm³/mol. The molecular weight excluding hydrogens is 256 g/mol. The molecule has 6 heteroatoms. The molecule has 0 aliphatic heterocycles. The van der Waals surface area contributed by atoms with E-state index < -0.39 is 0 Å². The fraction of sp³-hybridized carbons (Fsp3) is 0.714. The molecule has 0 saturated carbocycles. The zero-order chi connectivity index (χ0) is 15.1. The van der Waals surface area contributed by atoms with Crippen LogP contribution in [0.2, 0.25) is 0 Å². The molecule has 0 radical (unpaired) electrons. The minimum absolute atomic E-state index is 0.0686. The van der Waals surface area contributed by atoms with Gasteiger partial charge in [-0.1, -0.05) is 13.8 Å². The molecule has 0 bridgehead atoms. The van der Waals surface area contributed by atoms with Gasteiger partial charge in [0.05, 0.1) is 19.9 Å². The zero-order valence-electron chi connectivity index (χ0n) is 13.1. The van der Waals surface area contributed by atoms with Gasteiger partial charge in [-0.3, -0.25) is 9.48 Å². The monoisotopic (exact) mass is 282 g/mol. The summed E-state index contributed by atoms with van der Waals surface area (Å²) in [6, 6.07) is 0. The fourth-order valence-corrected chi connectivity index (χ4v) is 1.92. The molecule has 20 heavy (non-hydrogen) atoms. The van der Waals surface area contributed by atoms with E-state index in [1.165, 1.54) is 0 Å². The molecule has 0 aliphatic carbocycles. The molecule has 114 valence electrons. The first-order valence-corrected chi connectivity index (χ1v) is 7.00. The number of methoxy groups -OCH3 is 1. The average molecular weight is 282 g/mol. The van der Waals surface area contributed by atoms with Crippen molar-refractivity contribution in [2.24, 2.45) is 5.92 Å².